The van der Waals surface area contributed by atoms with Crippen molar-refractivity contribution >= 4 is 41.6 Å². The van der Waals surface area contributed by atoms with Crippen LogP contribution in [0.15, 0.2) is 42.5 Å². The quantitative estimate of drug-likeness (QED) is 0.280. The first-order valence-corrected chi connectivity index (χ1v) is 10.5. The molecule has 0 radical (unpaired) electrons. The Balaban J connectivity index is 0. The van der Waals surface area contributed by atoms with Gasteiger partial charge >= 0.3 is 6.01 Å². The number of amides is 1. The Morgan fingerprint density at radius 2 is 1.71 bits per heavy atom. The number of phenols is 1. The molecule has 9 N–H and O–H groups in total. The first-order chi connectivity index (χ1) is 15.5. The number of halogens is 1. The average Bonchev–Trinajstić information content (AvgIpc) is 2.81. The van der Waals surface area contributed by atoms with E-state index in [0.717, 1.165) is 31.5 Å². The maximum atomic E-state index is 12.4. The van der Waals surface area contributed by atoms with Crippen molar-refractivity contribution in [2.24, 2.45) is 0 Å². The highest BCUT2D eigenvalue weighted by molar-refractivity contribution is 6.05. The first-order valence-electron chi connectivity index (χ1n) is 10.5. The van der Waals surface area contributed by atoms with Crippen LogP contribution in [-0.2, 0) is 0 Å². The maximum absolute atomic E-state index is 12.4. The van der Waals surface area contributed by atoms with Crippen molar-refractivity contribution in [2.75, 3.05) is 35.7 Å². The summed E-state index contributed by atoms with van der Waals surface area (Å²) in [5.41, 5.74) is 2.45. The highest BCUT2D eigenvalue weighted by Crippen LogP contribution is 2.29. The molecular weight excluding hydrogens is 472 g/mol. The molecule has 0 saturated carbocycles. The number of phenolic OH excluding ortho intramolecular Hbond substituents is 1. The van der Waals surface area contributed by atoms with Gasteiger partial charge in [-0.1, -0.05) is 17.7 Å². The molecule has 12 heteroatoms. The molecule has 0 unspecified atom stereocenters. The Labute approximate surface area is 213 Å². The van der Waals surface area contributed by atoms with E-state index in [1.165, 1.54) is 19.6 Å². The summed E-state index contributed by atoms with van der Waals surface area (Å²) in [5.74, 6) is 0.501. The third-order valence-corrected chi connectivity index (χ3v) is 5.24. The number of nitrogens with one attached hydrogen (secondary N) is 2. The molecule has 4 rings (SSSR count). The number of hydrogen-bond acceptors (Lipinski definition) is 10. The van der Waals surface area contributed by atoms with E-state index in [1.54, 1.807) is 24.3 Å². The van der Waals surface area contributed by atoms with Gasteiger partial charge < -0.3 is 37.7 Å². The van der Waals surface area contributed by atoms with Gasteiger partial charge in [-0.15, -0.1) is 12.4 Å². The summed E-state index contributed by atoms with van der Waals surface area (Å²) in [6.07, 6.45) is 3.40. The highest BCUT2D eigenvalue weighted by Gasteiger charge is 2.17. The van der Waals surface area contributed by atoms with Crippen LogP contribution in [0.1, 0.15) is 38.0 Å². The van der Waals surface area contributed by atoms with E-state index in [2.05, 4.69) is 30.5 Å². The zero-order chi connectivity index (χ0) is 22.5. The molecule has 2 aromatic carbocycles. The van der Waals surface area contributed by atoms with Crippen LogP contribution in [0.5, 0.6) is 11.8 Å². The van der Waals surface area contributed by atoms with Gasteiger partial charge in [-0.05, 0) is 50.5 Å². The van der Waals surface area contributed by atoms with Crippen molar-refractivity contribution in [3.8, 4) is 11.8 Å². The Hall–Kier alpha value is -3.67. The minimum atomic E-state index is -0.297. The number of benzene rings is 2. The third kappa shape index (κ3) is 7.41. The molecule has 1 amide bonds. The van der Waals surface area contributed by atoms with Gasteiger partial charge in [0, 0.05) is 33.3 Å². The average molecular weight is 509 g/mol. The van der Waals surface area contributed by atoms with Crippen molar-refractivity contribution in [3.05, 3.63) is 53.6 Å². The number of aromatic nitrogens is 3. The van der Waals surface area contributed by atoms with E-state index in [0.29, 0.717) is 28.8 Å². The lowest BCUT2D eigenvalue weighted by Gasteiger charge is -2.26. The summed E-state index contributed by atoms with van der Waals surface area (Å²) in [7, 11) is 1.51. The summed E-state index contributed by atoms with van der Waals surface area (Å²) >= 11 is 0. The molecule has 1 aromatic heterocycles. The van der Waals surface area contributed by atoms with Crippen LogP contribution in [0.4, 0.5) is 23.3 Å². The summed E-state index contributed by atoms with van der Waals surface area (Å²) in [4.78, 5) is 27.7. The van der Waals surface area contributed by atoms with Crippen LogP contribution in [0, 0.1) is 6.92 Å². The Kier molecular flexibility index (Phi) is 11.1. The predicted octanol–water partition coefficient (Wildman–Crippen LogP) is 5.12. The minimum absolute atomic E-state index is 0. The molecule has 3 aromatic rings. The fourth-order valence-corrected chi connectivity index (χ4v) is 3.47. The number of carbonyl (C=O) groups is 1. The number of piperidine rings is 1. The molecular formula is C23H37ClN8O3. The summed E-state index contributed by atoms with van der Waals surface area (Å²) in [6.45, 7) is 3.74. The number of methoxy groups -OCH3 is 1. The minimum Gasteiger partial charge on any atom is -0.506 e. The van der Waals surface area contributed by atoms with Gasteiger partial charge in [0.25, 0.3) is 5.91 Å². The second-order valence-electron chi connectivity index (χ2n) is 7.67. The van der Waals surface area contributed by atoms with E-state index in [-0.39, 0.29) is 45.2 Å². The Bertz CT molecular complexity index is 1120. The van der Waals surface area contributed by atoms with E-state index in [1.807, 2.05) is 19.1 Å². The lowest BCUT2D eigenvalue weighted by atomic mass is 10.1. The van der Waals surface area contributed by atoms with Gasteiger partial charge in [0.2, 0.25) is 11.9 Å². The molecule has 11 nitrogen and oxygen atoms in total. The van der Waals surface area contributed by atoms with E-state index < -0.39 is 0 Å². The number of rotatable bonds is 6. The fraction of sp³-hybridized carbons (Fsp3) is 0.304. The molecule has 2 heterocycles. The molecule has 35 heavy (non-hydrogen) atoms. The number of ether oxygens (including phenoxy) is 1. The van der Waals surface area contributed by atoms with E-state index in [9.17, 15) is 9.90 Å². The van der Waals surface area contributed by atoms with E-state index >= 15 is 0 Å². The molecule has 0 atom stereocenters. The zero-order valence-corrected chi connectivity index (χ0v) is 20.8. The fourth-order valence-electron chi connectivity index (χ4n) is 3.47. The third-order valence-electron chi connectivity index (χ3n) is 5.24. The van der Waals surface area contributed by atoms with Crippen LogP contribution in [0.3, 0.4) is 0 Å². The molecule has 1 aliphatic heterocycles. The zero-order valence-electron chi connectivity index (χ0n) is 20.0. The van der Waals surface area contributed by atoms with Crippen LogP contribution in [-0.4, -0.2) is 46.2 Å². The normalized spacial score (nSPS) is 12.3. The van der Waals surface area contributed by atoms with Gasteiger partial charge in [0.05, 0.1) is 12.8 Å². The molecule has 194 valence electrons. The molecule has 1 fully saturated rings. The van der Waals surface area contributed by atoms with Crippen LogP contribution < -0.4 is 32.6 Å². The van der Waals surface area contributed by atoms with Crippen molar-refractivity contribution in [2.45, 2.75) is 26.2 Å². The predicted molar refractivity (Wildman–Crippen MR) is 144 cm³/mol. The van der Waals surface area contributed by atoms with Crippen LogP contribution >= 0.6 is 12.4 Å². The summed E-state index contributed by atoms with van der Waals surface area (Å²) < 4.78 is 5.23. The monoisotopic (exact) mass is 508 g/mol. The standard InChI is InChI=1S/C23H26N6O3.ClH.2H3N.2H2/c1-15-6-8-16(9-7-15)20(31)25-18-11-10-17(14-19(18)30)24-21-26-22(28-23(27-21)32-2)29-12-4-3-5-13-29;;;;;/h6-11,14,30H,3-5,12-13H2,1-2H3,(H,25,31)(H,24,26,27,28);1H;2*1H3;2*1H. The smallest absolute Gasteiger partial charge is 0.322 e. The van der Waals surface area contributed by atoms with Crippen LogP contribution in [0.25, 0.3) is 0 Å². The van der Waals surface area contributed by atoms with Gasteiger partial charge in [-0.25, -0.2) is 0 Å². The Morgan fingerprint density at radius 3 is 2.34 bits per heavy atom. The SMILES string of the molecule is COc1nc(Nc2ccc(NC(=O)c3ccc(C)cc3)c(O)c2)nc(N2CCCCC2)n1.Cl.N.N.[HH].[HH]. The number of aryl methyl sites for hydroxylation is 1. The van der Waals surface area contributed by atoms with Gasteiger partial charge in [0.15, 0.2) is 0 Å². The number of nitrogens with zero attached hydrogens (tertiary/aromatic N) is 4. The van der Waals surface area contributed by atoms with Crippen molar-refractivity contribution in [1.82, 2.24) is 27.3 Å². The van der Waals surface area contributed by atoms with Gasteiger partial charge in [0.1, 0.15) is 5.75 Å². The number of anilines is 4. The number of aromatic hydroxyl groups is 1. The van der Waals surface area contributed by atoms with Crippen molar-refractivity contribution < 1.29 is 17.5 Å². The number of carbonyl (C=O) groups excluding carboxylic acids is 1. The maximum Gasteiger partial charge on any atom is 0.322 e. The molecule has 0 aliphatic carbocycles. The highest BCUT2D eigenvalue weighted by atomic mass is 35.5. The second-order valence-corrected chi connectivity index (χ2v) is 7.67. The van der Waals surface area contributed by atoms with Crippen molar-refractivity contribution in [3.63, 3.8) is 0 Å². The van der Waals surface area contributed by atoms with Crippen LogP contribution in [0.2, 0.25) is 0 Å². The lowest BCUT2D eigenvalue weighted by molar-refractivity contribution is 0.102. The number of hydrogen-bond donors (Lipinski definition) is 5. The second kappa shape index (κ2) is 13.3. The van der Waals surface area contributed by atoms with Gasteiger partial charge in [-0.3, -0.25) is 4.79 Å². The van der Waals surface area contributed by atoms with Crippen molar-refractivity contribution in [1.29, 1.82) is 0 Å². The summed E-state index contributed by atoms with van der Waals surface area (Å²) in [6, 6.07) is 12.3. The topological polar surface area (TPSA) is 182 Å². The first kappa shape index (κ1) is 29.4. The summed E-state index contributed by atoms with van der Waals surface area (Å²) in [5, 5.41) is 16.2. The van der Waals surface area contributed by atoms with E-state index in [4.69, 9.17) is 4.74 Å². The molecule has 0 bridgehead atoms. The molecule has 1 aliphatic rings. The van der Waals surface area contributed by atoms with Gasteiger partial charge in [-0.2, -0.15) is 15.0 Å². The molecule has 1 saturated heterocycles. The lowest BCUT2D eigenvalue weighted by Crippen LogP contribution is -2.31. The Morgan fingerprint density at radius 1 is 1.03 bits per heavy atom. The molecule has 0 spiro atoms. The largest absolute Gasteiger partial charge is 0.506 e.